The molecule has 0 fully saturated rings. The lowest BCUT2D eigenvalue weighted by atomic mass is 9.97. The van der Waals surface area contributed by atoms with E-state index in [0.717, 1.165) is 23.3 Å². The summed E-state index contributed by atoms with van der Waals surface area (Å²) in [5.41, 5.74) is 4.71. The largest absolute Gasteiger partial charge is 0.496 e. The summed E-state index contributed by atoms with van der Waals surface area (Å²) >= 11 is 0. The summed E-state index contributed by atoms with van der Waals surface area (Å²) in [6.45, 7) is 6.64. The van der Waals surface area contributed by atoms with Gasteiger partial charge in [0.25, 0.3) is 0 Å². The van der Waals surface area contributed by atoms with Crippen LogP contribution in [0.3, 0.4) is 0 Å². The Hall–Kier alpha value is -1.60. The molecule has 0 spiro atoms. The van der Waals surface area contributed by atoms with Crippen LogP contribution in [0.4, 0.5) is 0 Å². The van der Waals surface area contributed by atoms with Gasteiger partial charge in [0, 0.05) is 0 Å². The number of nitrogens with zero attached hydrogens (tertiary/aromatic N) is 1. The van der Waals surface area contributed by atoms with Crippen LogP contribution in [-0.4, -0.2) is 19.7 Å². The van der Waals surface area contributed by atoms with Crippen LogP contribution in [0.25, 0.3) is 0 Å². The molecule has 0 aromatic heterocycles. The quantitative estimate of drug-likeness (QED) is 0.576. The molecule has 0 amide bonds. The van der Waals surface area contributed by atoms with E-state index < -0.39 is 0 Å². The SMILES string of the molecule is COc1c(C)cc(CCN=C=O)c(C)c1C. The van der Waals surface area contributed by atoms with Gasteiger partial charge in [0.05, 0.1) is 13.7 Å². The van der Waals surface area contributed by atoms with E-state index in [2.05, 4.69) is 18.0 Å². The smallest absolute Gasteiger partial charge is 0.234 e. The fraction of sp³-hybridized carbons (Fsp3) is 0.462. The van der Waals surface area contributed by atoms with E-state index >= 15 is 0 Å². The van der Waals surface area contributed by atoms with Gasteiger partial charge in [-0.3, -0.25) is 0 Å². The molecular formula is C13H17NO2. The predicted octanol–water partition coefficient (Wildman–Crippen LogP) is 2.50. The first-order chi connectivity index (χ1) is 7.61. The summed E-state index contributed by atoms with van der Waals surface area (Å²) in [7, 11) is 1.69. The summed E-state index contributed by atoms with van der Waals surface area (Å²) in [6, 6.07) is 2.10. The molecule has 86 valence electrons. The predicted molar refractivity (Wildman–Crippen MR) is 63.9 cm³/mol. The number of hydrogen-bond donors (Lipinski definition) is 0. The van der Waals surface area contributed by atoms with Crippen molar-refractivity contribution in [3.8, 4) is 5.75 Å². The molecule has 0 heterocycles. The molecule has 0 N–H and O–H groups in total. The van der Waals surface area contributed by atoms with Gasteiger partial charge in [-0.05, 0) is 49.4 Å². The standard InChI is InChI=1S/C13H17NO2/c1-9-7-12(5-6-14-8-15)10(2)11(3)13(9)16-4/h7H,5-6H2,1-4H3. The molecule has 0 aliphatic heterocycles. The second-order valence-electron chi connectivity index (χ2n) is 3.86. The van der Waals surface area contributed by atoms with Crippen LogP contribution in [0.15, 0.2) is 11.1 Å². The third kappa shape index (κ3) is 2.50. The summed E-state index contributed by atoms with van der Waals surface area (Å²) < 4.78 is 5.35. The Morgan fingerprint density at radius 1 is 1.31 bits per heavy atom. The van der Waals surface area contributed by atoms with Crippen LogP contribution >= 0.6 is 0 Å². The maximum Gasteiger partial charge on any atom is 0.234 e. The summed E-state index contributed by atoms with van der Waals surface area (Å²) in [5.74, 6) is 0.945. The van der Waals surface area contributed by atoms with E-state index in [1.807, 2.05) is 13.8 Å². The van der Waals surface area contributed by atoms with Crippen molar-refractivity contribution in [1.82, 2.24) is 0 Å². The number of benzene rings is 1. The number of hydrogen-bond acceptors (Lipinski definition) is 3. The number of carbonyl (C=O) groups excluding carboxylic acids is 1. The highest BCUT2D eigenvalue weighted by Gasteiger charge is 2.09. The monoisotopic (exact) mass is 219 g/mol. The lowest BCUT2D eigenvalue weighted by molar-refractivity contribution is 0.408. The highest BCUT2D eigenvalue weighted by atomic mass is 16.5. The fourth-order valence-electron chi connectivity index (χ4n) is 1.94. The normalized spacial score (nSPS) is 9.75. The molecule has 0 atom stereocenters. The Labute approximate surface area is 96.2 Å². The van der Waals surface area contributed by atoms with E-state index in [9.17, 15) is 4.79 Å². The number of aliphatic imine (C=N–C) groups is 1. The molecule has 0 aliphatic carbocycles. The van der Waals surface area contributed by atoms with Crippen LogP contribution in [-0.2, 0) is 11.2 Å². The number of isocyanates is 1. The molecule has 0 radical (unpaired) electrons. The molecule has 0 aliphatic rings. The van der Waals surface area contributed by atoms with Gasteiger partial charge in [-0.1, -0.05) is 6.07 Å². The van der Waals surface area contributed by atoms with E-state index in [1.165, 1.54) is 11.1 Å². The molecule has 0 saturated carbocycles. The zero-order valence-corrected chi connectivity index (χ0v) is 10.3. The zero-order chi connectivity index (χ0) is 12.1. The van der Waals surface area contributed by atoms with Crippen LogP contribution in [0.1, 0.15) is 22.3 Å². The minimum atomic E-state index is 0.496. The summed E-state index contributed by atoms with van der Waals surface area (Å²) in [5, 5.41) is 0. The summed E-state index contributed by atoms with van der Waals surface area (Å²) in [4.78, 5) is 13.6. The first-order valence-electron chi connectivity index (χ1n) is 5.29. The van der Waals surface area contributed by atoms with Crippen molar-refractivity contribution < 1.29 is 9.53 Å². The van der Waals surface area contributed by atoms with Gasteiger partial charge in [0.1, 0.15) is 5.75 Å². The molecule has 0 unspecified atom stereocenters. The van der Waals surface area contributed by atoms with Gasteiger partial charge >= 0.3 is 0 Å². The number of aryl methyl sites for hydroxylation is 1. The van der Waals surface area contributed by atoms with Crippen LogP contribution in [0.5, 0.6) is 5.75 Å². The van der Waals surface area contributed by atoms with Crippen molar-refractivity contribution >= 4 is 6.08 Å². The average Bonchev–Trinajstić information content (AvgIpc) is 2.26. The molecule has 0 saturated heterocycles. The number of rotatable bonds is 4. The number of methoxy groups -OCH3 is 1. The Kier molecular flexibility index (Phi) is 4.27. The molecule has 16 heavy (non-hydrogen) atoms. The highest BCUT2D eigenvalue weighted by molar-refractivity contribution is 5.49. The summed E-state index contributed by atoms with van der Waals surface area (Å²) in [6.07, 6.45) is 2.33. The Bertz CT molecular complexity index is 432. The zero-order valence-electron chi connectivity index (χ0n) is 10.3. The minimum Gasteiger partial charge on any atom is -0.496 e. The molecule has 1 aromatic rings. The highest BCUT2D eigenvalue weighted by Crippen LogP contribution is 2.28. The molecule has 1 rings (SSSR count). The number of ether oxygens (including phenoxy) is 1. The Morgan fingerprint density at radius 3 is 2.56 bits per heavy atom. The lowest BCUT2D eigenvalue weighted by Crippen LogP contribution is -2.00. The Morgan fingerprint density at radius 2 is 2.00 bits per heavy atom. The lowest BCUT2D eigenvalue weighted by Gasteiger charge is -2.14. The maximum atomic E-state index is 10.0. The van der Waals surface area contributed by atoms with Crippen molar-refractivity contribution in [3.63, 3.8) is 0 Å². The average molecular weight is 219 g/mol. The molecule has 3 heteroatoms. The fourth-order valence-corrected chi connectivity index (χ4v) is 1.94. The van der Waals surface area contributed by atoms with Crippen molar-refractivity contribution in [3.05, 3.63) is 28.3 Å². The van der Waals surface area contributed by atoms with Gasteiger partial charge in [-0.25, -0.2) is 9.79 Å². The second kappa shape index (κ2) is 5.47. The third-order valence-electron chi connectivity index (χ3n) is 2.90. The minimum absolute atomic E-state index is 0.496. The van der Waals surface area contributed by atoms with Crippen molar-refractivity contribution in [2.24, 2.45) is 4.99 Å². The van der Waals surface area contributed by atoms with Gasteiger partial charge in [-0.15, -0.1) is 0 Å². The van der Waals surface area contributed by atoms with E-state index in [4.69, 9.17) is 4.74 Å². The van der Waals surface area contributed by atoms with E-state index in [0.29, 0.717) is 6.54 Å². The van der Waals surface area contributed by atoms with Crippen molar-refractivity contribution in [2.75, 3.05) is 13.7 Å². The van der Waals surface area contributed by atoms with Gasteiger partial charge in [-0.2, -0.15) is 0 Å². The van der Waals surface area contributed by atoms with Gasteiger partial charge < -0.3 is 4.74 Å². The van der Waals surface area contributed by atoms with Gasteiger partial charge in [0.2, 0.25) is 6.08 Å². The van der Waals surface area contributed by atoms with E-state index in [1.54, 1.807) is 13.2 Å². The topological polar surface area (TPSA) is 38.7 Å². The van der Waals surface area contributed by atoms with Crippen LogP contribution in [0, 0.1) is 20.8 Å². The maximum absolute atomic E-state index is 10.0. The second-order valence-corrected chi connectivity index (χ2v) is 3.86. The van der Waals surface area contributed by atoms with Crippen molar-refractivity contribution in [2.45, 2.75) is 27.2 Å². The molecule has 0 bridgehead atoms. The van der Waals surface area contributed by atoms with E-state index in [-0.39, 0.29) is 0 Å². The van der Waals surface area contributed by atoms with Crippen molar-refractivity contribution in [1.29, 1.82) is 0 Å². The molecule has 1 aromatic carbocycles. The molecule has 3 nitrogen and oxygen atoms in total. The molecular weight excluding hydrogens is 202 g/mol. The van der Waals surface area contributed by atoms with Crippen LogP contribution < -0.4 is 4.74 Å². The first kappa shape index (κ1) is 12.5. The first-order valence-corrected chi connectivity index (χ1v) is 5.29. The van der Waals surface area contributed by atoms with Crippen LogP contribution in [0.2, 0.25) is 0 Å². The Balaban J connectivity index is 3.07. The van der Waals surface area contributed by atoms with Gasteiger partial charge in [0.15, 0.2) is 0 Å². The third-order valence-corrected chi connectivity index (χ3v) is 2.90.